The SMILES string of the molecule is CCN1CCN(C2=C(c3ccc(Cl)cc3Cl)C(=O)N(c3ccc(F)cc3)C2=O)CC1. The van der Waals surface area contributed by atoms with Crippen LogP contribution in [0, 0.1) is 5.82 Å². The van der Waals surface area contributed by atoms with Gasteiger partial charge in [0.05, 0.1) is 16.3 Å². The van der Waals surface area contributed by atoms with Crippen LogP contribution in [0.2, 0.25) is 10.0 Å². The zero-order valence-electron chi connectivity index (χ0n) is 16.4. The van der Waals surface area contributed by atoms with Gasteiger partial charge in [0, 0.05) is 36.8 Å². The minimum Gasteiger partial charge on any atom is -0.364 e. The van der Waals surface area contributed by atoms with E-state index in [2.05, 4.69) is 11.8 Å². The quantitative estimate of drug-likeness (QED) is 0.662. The highest BCUT2D eigenvalue weighted by molar-refractivity contribution is 6.47. The predicted molar refractivity (Wildman–Crippen MR) is 116 cm³/mol. The Morgan fingerprint density at radius 2 is 1.60 bits per heavy atom. The molecule has 30 heavy (non-hydrogen) atoms. The van der Waals surface area contributed by atoms with E-state index in [1.165, 1.54) is 24.3 Å². The van der Waals surface area contributed by atoms with Gasteiger partial charge in [-0.3, -0.25) is 9.59 Å². The molecular weight excluding hydrogens is 428 g/mol. The number of anilines is 1. The highest BCUT2D eigenvalue weighted by atomic mass is 35.5. The van der Waals surface area contributed by atoms with Crippen molar-refractivity contribution in [2.24, 2.45) is 0 Å². The van der Waals surface area contributed by atoms with Crippen LogP contribution in [-0.2, 0) is 9.59 Å². The molecule has 2 aromatic rings. The van der Waals surface area contributed by atoms with Crippen molar-refractivity contribution in [1.82, 2.24) is 9.80 Å². The molecule has 8 heteroatoms. The maximum atomic E-state index is 13.4. The molecule has 4 rings (SSSR count). The lowest BCUT2D eigenvalue weighted by molar-refractivity contribution is -0.120. The lowest BCUT2D eigenvalue weighted by atomic mass is 10.0. The van der Waals surface area contributed by atoms with E-state index in [-0.39, 0.29) is 5.57 Å². The maximum Gasteiger partial charge on any atom is 0.282 e. The molecule has 1 saturated heterocycles. The number of likely N-dealkylation sites (N-methyl/N-ethyl adjacent to an activating group) is 1. The van der Waals surface area contributed by atoms with E-state index in [0.717, 1.165) is 24.5 Å². The van der Waals surface area contributed by atoms with E-state index in [1.54, 1.807) is 18.2 Å². The van der Waals surface area contributed by atoms with E-state index in [0.29, 0.717) is 40.1 Å². The van der Waals surface area contributed by atoms with Gasteiger partial charge < -0.3 is 9.80 Å². The summed E-state index contributed by atoms with van der Waals surface area (Å²) in [6.07, 6.45) is 0. The first-order valence-corrected chi connectivity index (χ1v) is 10.5. The second-order valence-corrected chi connectivity index (χ2v) is 8.03. The number of carbonyl (C=O) groups is 2. The van der Waals surface area contributed by atoms with Crippen LogP contribution in [0.1, 0.15) is 12.5 Å². The fourth-order valence-electron chi connectivity index (χ4n) is 3.86. The second kappa shape index (κ2) is 8.38. The van der Waals surface area contributed by atoms with Gasteiger partial charge in [-0.15, -0.1) is 0 Å². The summed E-state index contributed by atoms with van der Waals surface area (Å²) >= 11 is 12.4. The van der Waals surface area contributed by atoms with Crippen LogP contribution in [0.4, 0.5) is 10.1 Å². The number of carbonyl (C=O) groups excluding carboxylic acids is 2. The molecule has 0 N–H and O–H groups in total. The summed E-state index contributed by atoms with van der Waals surface area (Å²) in [6, 6.07) is 10.1. The molecule has 5 nitrogen and oxygen atoms in total. The molecule has 0 saturated carbocycles. The summed E-state index contributed by atoms with van der Waals surface area (Å²) in [6.45, 7) is 5.84. The Morgan fingerprint density at radius 3 is 2.20 bits per heavy atom. The summed E-state index contributed by atoms with van der Waals surface area (Å²) in [4.78, 5) is 32.2. The van der Waals surface area contributed by atoms with Gasteiger partial charge in [-0.25, -0.2) is 9.29 Å². The van der Waals surface area contributed by atoms with E-state index in [1.807, 2.05) is 4.90 Å². The number of imide groups is 1. The molecule has 0 spiro atoms. The normalized spacial score (nSPS) is 18.0. The first-order chi connectivity index (χ1) is 14.4. The third-order valence-electron chi connectivity index (χ3n) is 5.48. The van der Waals surface area contributed by atoms with Gasteiger partial charge >= 0.3 is 0 Å². The lowest BCUT2D eigenvalue weighted by Crippen LogP contribution is -2.47. The minimum atomic E-state index is -0.483. The molecule has 156 valence electrons. The Kier molecular flexibility index (Phi) is 5.82. The number of nitrogens with zero attached hydrogens (tertiary/aromatic N) is 3. The van der Waals surface area contributed by atoms with Crippen LogP contribution in [0.5, 0.6) is 0 Å². The average Bonchev–Trinajstić information content (AvgIpc) is 2.99. The predicted octanol–water partition coefficient (Wildman–Crippen LogP) is 4.05. The van der Waals surface area contributed by atoms with Crippen LogP contribution in [0.15, 0.2) is 48.2 Å². The van der Waals surface area contributed by atoms with Crippen LogP contribution >= 0.6 is 23.2 Å². The van der Waals surface area contributed by atoms with Gasteiger partial charge in [0.2, 0.25) is 0 Å². The molecule has 0 aliphatic carbocycles. The van der Waals surface area contributed by atoms with Crippen LogP contribution < -0.4 is 4.90 Å². The largest absolute Gasteiger partial charge is 0.364 e. The third-order valence-corrected chi connectivity index (χ3v) is 6.03. The molecule has 0 aromatic heterocycles. The topological polar surface area (TPSA) is 43.9 Å². The smallest absolute Gasteiger partial charge is 0.282 e. The summed E-state index contributed by atoms with van der Waals surface area (Å²) < 4.78 is 13.4. The Hall–Kier alpha value is -2.41. The van der Waals surface area contributed by atoms with Crippen molar-refractivity contribution in [1.29, 1.82) is 0 Å². The first-order valence-electron chi connectivity index (χ1n) is 9.72. The Balaban J connectivity index is 1.81. The van der Waals surface area contributed by atoms with Crippen molar-refractivity contribution < 1.29 is 14.0 Å². The third kappa shape index (κ3) is 3.71. The van der Waals surface area contributed by atoms with E-state index < -0.39 is 17.6 Å². The van der Waals surface area contributed by atoms with Crippen LogP contribution in [0.25, 0.3) is 5.57 Å². The van der Waals surface area contributed by atoms with Gasteiger partial charge in [0.25, 0.3) is 11.8 Å². The Labute approximate surface area is 184 Å². The lowest BCUT2D eigenvalue weighted by Gasteiger charge is -2.36. The van der Waals surface area contributed by atoms with Gasteiger partial charge in [0.1, 0.15) is 11.5 Å². The van der Waals surface area contributed by atoms with E-state index in [4.69, 9.17) is 23.2 Å². The number of halogens is 3. The first kappa shape index (κ1) is 20.8. The molecule has 2 aliphatic heterocycles. The summed E-state index contributed by atoms with van der Waals surface area (Å²) in [5.74, 6) is -1.36. The highest BCUT2D eigenvalue weighted by Crippen LogP contribution is 2.38. The molecule has 0 bridgehead atoms. The van der Waals surface area contributed by atoms with Crippen molar-refractivity contribution in [2.75, 3.05) is 37.6 Å². The number of piperazine rings is 1. The number of hydrogen-bond donors (Lipinski definition) is 0. The average molecular weight is 448 g/mol. The van der Waals surface area contributed by atoms with Crippen molar-refractivity contribution >= 4 is 46.3 Å². The number of benzene rings is 2. The van der Waals surface area contributed by atoms with Gasteiger partial charge in [-0.2, -0.15) is 0 Å². The summed E-state index contributed by atoms with van der Waals surface area (Å²) in [5.41, 5.74) is 1.34. The highest BCUT2D eigenvalue weighted by Gasteiger charge is 2.43. The molecule has 2 heterocycles. The second-order valence-electron chi connectivity index (χ2n) is 7.19. The van der Waals surface area contributed by atoms with Gasteiger partial charge in [-0.1, -0.05) is 36.2 Å². The number of rotatable bonds is 4. The zero-order valence-corrected chi connectivity index (χ0v) is 17.9. The standard InChI is InChI=1S/C22H20Cl2FN3O2/c1-2-26-9-11-27(12-10-26)20-19(17-8-3-14(23)13-18(17)24)21(29)28(22(20)30)16-6-4-15(25)5-7-16/h3-8,13H,2,9-12H2,1H3. The molecule has 1 fully saturated rings. The Morgan fingerprint density at radius 1 is 0.933 bits per heavy atom. The number of hydrogen-bond acceptors (Lipinski definition) is 4. The van der Waals surface area contributed by atoms with E-state index >= 15 is 0 Å². The molecule has 0 atom stereocenters. The molecular formula is C22H20Cl2FN3O2. The Bertz CT molecular complexity index is 1030. The summed E-state index contributed by atoms with van der Waals surface area (Å²) in [5, 5.41) is 0.735. The van der Waals surface area contributed by atoms with Crippen molar-refractivity contribution in [3.05, 3.63) is 69.6 Å². The van der Waals surface area contributed by atoms with Crippen molar-refractivity contribution in [3.8, 4) is 0 Å². The number of amides is 2. The maximum absolute atomic E-state index is 13.4. The van der Waals surface area contributed by atoms with Gasteiger partial charge in [0.15, 0.2) is 0 Å². The zero-order chi connectivity index (χ0) is 21.4. The molecule has 2 aliphatic rings. The van der Waals surface area contributed by atoms with E-state index in [9.17, 15) is 14.0 Å². The molecule has 2 amide bonds. The fourth-order valence-corrected chi connectivity index (χ4v) is 4.36. The minimum absolute atomic E-state index is 0.246. The van der Waals surface area contributed by atoms with Crippen molar-refractivity contribution in [3.63, 3.8) is 0 Å². The van der Waals surface area contributed by atoms with Crippen molar-refractivity contribution in [2.45, 2.75) is 6.92 Å². The van der Waals surface area contributed by atoms with Crippen LogP contribution in [0.3, 0.4) is 0 Å². The molecule has 2 aromatic carbocycles. The monoisotopic (exact) mass is 447 g/mol. The van der Waals surface area contributed by atoms with Crippen LogP contribution in [-0.4, -0.2) is 54.3 Å². The molecule has 0 radical (unpaired) electrons. The van der Waals surface area contributed by atoms with Gasteiger partial charge in [-0.05, 0) is 42.9 Å². The summed E-state index contributed by atoms with van der Waals surface area (Å²) in [7, 11) is 0. The molecule has 0 unspecified atom stereocenters. The fraction of sp³-hybridized carbons (Fsp3) is 0.273.